The summed E-state index contributed by atoms with van der Waals surface area (Å²) >= 11 is 0. The Bertz CT molecular complexity index is 949. The maximum atomic E-state index is 13.1. The van der Waals surface area contributed by atoms with Gasteiger partial charge in [-0.2, -0.15) is 0 Å². The maximum Gasteiger partial charge on any atom is 0.325 e. The molecule has 0 bridgehead atoms. The highest BCUT2D eigenvalue weighted by molar-refractivity contribution is 6.23. The number of imide groups is 2. The Morgan fingerprint density at radius 1 is 1.00 bits per heavy atom. The third-order valence-electron chi connectivity index (χ3n) is 6.61. The summed E-state index contributed by atoms with van der Waals surface area (Å²) in [6.07, 6.45) is 3.19. The minimum atomic E-state index is -1.10. The first-order chi connectivity index (χ1) is 15.8. The van der Waals surface area contributed by atoms with Gasteiger partial charge in [-0.25, -0.2) is 4.90 Å². The Labute approximate surface area is 192 Å². The second-order valence-electron chi connectivity index (χ2n) is 9.12. The van der Waals surface area contributed by atoms with Crippen molar-refractivity contribution in [1.82, 2.24) is 14.7 Å². The normalized spacial score (nSPS) is 22.7. The van der Waals surface area contributed by atoms with Gasteiger partial charge in [-0.1, -0.05) is 32.4 Å². The van der Waals surface area contributed by atoms with E-state index in [0.717, 1.165) is 42.2 Å². The highest BCUT2D eigenvalue weighted by Gasteiger charge is 2.47. The van der Waals surface area contributed by atoms with Crippen LogP contribution in [0.15, 0.2) is 24.3 Å². The predicted molar refractivity (Wildman–Crippen MR) is 117 cm³/mol. The van der Waals surface area contributed by atoms with Crippen LogP contribution >= 0.6 is 0 Å². The van der Waals surface area contributed by atoms with E-state index in [4.69, 9.17) is 4.74 Å². The highest BCUT2D eigenvalue weighted by atomic mass is 16.5. The number of esters is 1. The summed E-state index contributed by atoms with van der Waals surface area (Å²) in [6.45, 7) is 4.97. The number of carbonyl (C=O) groups excluding carboxylic acids is 5. The van der Waals surface area contributed by atoms with Crippen molar-refractivity contribution < 1.29 is 28.7 Å². The minimum Gasteiger partial charge on any atom is -0.443 e. The molecule has 3 aliphatic rings. The van der Waals surface area contributed by atoms with Crippen molar-refractivity contribution in [2.75, 3.05) is 19.8 Å². The summed E-state index contributed by atoms with van der Waals surface area (Å²) in [5, 5.41) is 0. The Hall–Kier alpha value is -3.07. The number of rotatable bonds is 6. The number of hydrogen-bond donors (Lipinski definition) is 0. The number of ether oxygens (including phenoxy) is 1. The van der Waals surface area contributed by atoms with Crippen LogP contribution in [0.4, 0.5) is 0 Å². The lowest BCUT2D eigenvalue weighted by molar-refractivity contribution is -0.167. The van der Waals surface area contributed by atoms with Crippen molar-refractivity contribution in [3.63, 3.8) is 0 Å². The molecule has 2 saturated heterocycles. The number of nitrogens with zero attached hydrogens (tertiary/aromatic N) is 3. The lowest BCUT2D eigenvalue weighted by Crippen LogP contribution is -2.57. The van der Waals surface area contributed by atoms with Gasteiger partial charge < -0.3 is 4.74 Å². The van der Waals surface area contributed by atoms with E-state index in [0.29, 0.717) is 0 Å². The minimum absolute atomic E-state index is 0.00875. The molecule has 0 aliphatic carbocycles. The molecular weight excluding hydrogens is 426 g/mol. The Morgan fingerprint density at radius 3 is 2.18 bits per heavy atom. The van der Waals surface area contributed by atoms with Crippen molar-refractivity contribution in [2.45, 2.75) is 58.0 Å². The Morgan fingerprint density at radius 2 is 1.61 bits per heavy atom. The molecule has 1 aromatic carbocycles. The van der Waals surface area contributed by atoms with Gasteiger partial charge in [0.25, 0.3) is 17.7 Å². The third kappa shape index (κ3) is 4.29. The van der Waals surface area contributed by atoms with E-state index in [9.17, 15) is 24.0 Å². The largest absolute Gasteiger partial charge is 0.443 e. The molecule has 0 radical (unpaired) electrons. The number of benzene rings is 1. The molecule has 0 saturated carbocycles. The monoisotopic (exact) mass is 455 g/mol. The van der Waals surface area contributed by atoms with E-state index in [1.54, 1.807) is 24.3 Å². The van der Waals surface area contributed by atoms with Crippen LogP contribution in [0.5, 0.6) is 0 Å². The Kier molecular flexibility index (Phi) is 6.60. The molecule has 3 aliphatic heterocycles. The Balaban J connectivity index is 1.45. The zero-order valence-corrected chi connectivity index (χ0v) is 19.0. The average molecular weight is 456 g/mol. The molecule has 0 N–H and O–H groups in total. The smallest absolute Gasteiger partial charge is 0.325 e. The molecule has 4 rings (SSSR count). The summed E-state index contributed by atoms with van der Waals surface area (Å²) in [7, 11) is 0. The molecule has 0 spiro atoms. The van der Waals surface area contributed by atoms with Gasteiger partial charge in [0.05, 0.1) is 11.1 Å². The quantitative estimate of drug-likeness (QED) is 0.476. The average Bonchev–Trinajstić information content (AvgIpc) is 3.05. The first-order valence-corrected chi connectivity index (χ1v) is 11.5. The van der Waals surface area contributed by atoms with E-state index in [-0.39, 0.29) is 29.9 Å². The molecule has 9 nitrogen and oxygen atoms in total. The molecule has 1 aromatic rings. The van der Waals surface area contributed by atoms with Crippen LogP contribution in [-0.2, 0) is 19.1 Å². The molecular formula is C24H29N3O6. The van der Waals surface area contributed by atoms with E-state index < -0.39 is 48.4 Å². The molecule has 2 atom stereocenters. The molecule has 2 fully saturated rings. The standard InChI is InChI=1S/C24H29N3O6/c1-15(2)20(25-12-6-3-7-13-25)24(32)33-14-26-19(28)11-10-18(23(26)31)27-21(29)16-8-4-5-9-17(16)22(27)30/h4-5,8-9,15,18,20H,3,6-7,10-14H2,1-2H3/t18-,20?/m0/s1. The number of likely N-dealkylation sites (tertiary alicyclic amines) is 2. The second-order valence-corrected chi connectivity index (χ2v) is 9.12. The van der Waals surface area contributed by atoms with Crippen LogP contribution in [0, 0.1) is 5.92 Å². The number of hydrogen-bond acceptors (Lipinski definition) is 7. The molecule has 3 heterocycles. The molecule has 9 heteroatoms. The second kappa shape index (κ2) is 9.43. The van der Waals surface area contributed by atoms with Gasteiger partial charge in [0, 0.05) is 6.42 Å². The zero-order chi connectivity index (χ0) is 23.7. The van der Waals surface area contributed by atoms with Gasteiger partial charge in [0.1, 0.15) is 12.1 Å². The van der Waals surface area contributed by atoms with E-state index in [1.165, 1.54) is 0 Å². The van der Waals surface area contributed by atoms with Crippen LogP contribution in [0.1, 0.15) is 66.7 Å². The first-order valence-electron chi connectivity index (χ1n) is 11.5. The lowest BCUT2D eigenvalue weighted by atomic mass is 9.99. The summed E-state index contributed by atoms with van der Waals surface area (Å²) in [5.74, 6) is -2.76. The van der Waals surface area contributed by atoms with E-state index >= 15 is 0 Å². The van der Waals surface area contributed by atoms with Crippen molar-refractivity contribution >= 4 is 29.6 Å². The molecule has 0 aromatic heterocycles. The van der Waals surface area contributed by atoms with Crippen LogP contribution in [-0.4, -0.2) is 76.2 Å². The number of fused-ring (bicyclic) bond motifs is 1. The summed E-state index contributed by atoms with van der Waals surface area (Å²) in [6, 6.07) is 4.84. The lowest BCUT2D eigenvalue weighted by Gasteiger charge is -2.36. The molecule has 4 amide bonds. The van der Waals surface area contributed by atoms with Crippen molar-refractivity contribution in [2.24, 2.45) is 5.92 Å². The molecule has 1 unspecified atom stereocenters. The first kappa shape index (κ1) is 23.1. The van der Waals surface area contributed by atoms with Crippen LogP contribution in [0.2, 0.25) is 0 Å². The number of amides is 4. The third-order valence-corrected chi connectivity index (χ3v) is 6.61. The number of piperidine rings is 2. The fourth-order valence-corrected chi connectivity index (χ4v) is 4.94. The van der Waals surface area contributed by atoms with Gasteiger partial charge in [-0.15, -0.1) is 0 Å². The van der Waals surface area contributed by atoms with Crippen molar-refractivity contribution in [3.8, 4) is 0 Å². The van der Waals surface area contributed by atoms with Crippen molar-refractivity contribution in [1.29, 1.82) is 0 Å². The van der Waals surface area contributed by atoms with E-state index in [1.807, 2.05) is 13.8 Å². The van der Waals surface area contributed by atoms with Crippen LogP contribution in [0.3, 0.4) is 0 Å². The maximum absolute atomic E-state index is 13.1. The fourth-order valence-electron chi connectivity index (χ4n) is 4.94. The van der Waals surface area contributed by atoms with Crippen molar-refractivity contribution in [3.05, 3.63) is 35.4 Å². The van der Waals surface area contributed by atoms with Gasteiger partial charge in [0.15, 0.2) is 6.73 Å². The van der Waals surface area contributed by atoms with Gasteiger partial charge >= 0.3 is 5.97 Å². The summed E-state index contributed by atoms with van der Waals surface area (Å²) < 4.78 is 5.44. The molecule has 33 heavy (non-hydrogen) atoms. The van der Waals surface area contributed by atoms with Gasteiger partial charge in [-0.05, 0) is 50.4 Å². The molecule has 176 valence electrons. The van der Waals surface area contributed by atoms with Crippen LogP contribution in [0.25, 0.3) is 0 Å². The fraction of sp³-hybridized carbons (Fsp3) is 0.542. The highest BCUT2D eigenvalue weighted by Crippen LogP contribution is 2.29. The summed E-state index contributed by atoms with van der Waals surface area (Å²) in [4.78, 5) is 68.0. The summed E-state index contributed by atoms with van der Waals surface area (Å²) in [5.41, 5.74) is 0.484. The van der Waals surface area contributed by atoms with Gasteiger partial charge in [-0.3, -0.25) is 33.8 Å². The topological polar surface area (TPSA) is 104 Å². The van der Waals surface area contributed by atoms with Crippen LogP contribution < -0.4 is 0 Å². The zero-order valence-electron chi connectivity index (χ0n) is 19.0. The predicted octanol–water partition coefficient (Wildman–Crippen LogP) is 1.81. The van der Waals surface area contributed by atoms with Gasteiger partial charge in [0.2, 0.25) is 5.91 Å². The van der Waals surface area contributed by atoms with E-state index in [2.05, 4.69) is 4.90 Å². The SMILES string of the molecule is CC(C)C(C(=O)OCN1C(=O)CC[C@H](N2C(=O)c3ccccc3C2=O)C1=O)N1CCCCC1. The number of carbonyl (C=O) groups is 5.